The molecule has 28 heavy (non-hydrogen) atoms. The van der Waals surface area contributed by atoms with Crippen LogP contribution in [-0.4, -0.2) is 40.8 Å². The molecular weight excluding hydrogens is 356 g/mol. The van der Waals surface area contributed by atoms with Crippen LogP contribution in [0.4, 0.5) is 0 Å². The van der Waals surface area contributed by atoms with E-state index >= 15 is 0 Å². The van der Waals surface area contributed by atoms with Gasteiger partial charge in [-0.15, -0.1) is 0 Å². The van der Waals surface area contributed by atoms with Crippen LogP contribution in [0.15, 0.2) is 48.8 Å². The van der Waals surface area contributed by atoms with Crippen LogP contribution in [0, 0.1) is 0 Å². The second kappa shape index (κ2) is 7.19. The molecule has 1 amide bonds. The molecule has 2 fully saturated rings. The number of piperidine rings is 1. The summed E-state index contributed by atoms with van der Waals surface area (Å²) in [4.78, 5) is 19.0. The maximum absolute atomic E-state index is 12.9. The molecule has 1 aromatic heterocycles. The molecule has 0 aliphatic carbocycles. The molecule has 2 atom stereocenters. The molecule has 2 bridgehead atoms. The van der Waals surface area contributed by atoms with Crippen molar-refractivity contribution in [3.05, 3.63) is 54.4 Å². The second-order valence-corrected chi connectivity index (χ2v) is 7.48. The van der Waals surface area contributed by atoms with Crippen LogP contribution >= 0.6 is 0 Å². The highest BCUT2D eigenvalue weighted by Gasteiger charge is 2.43. The zero-order valence-corrected chi connectivity index (χ0v) is 15.5. The van der Waals surface area contributed by atoms with Crippen LogP contribution in [0.1, 0.15) is 31.2 Å². The fourth-order valence-corrected chi connectivity index (χ4v) is 4.46. The van der Waals surface area contributed by atoms with Gasteiger partial charge in [-0.25, -0.2) is 0 Å². The highest BCUT2D eigenvalue weighted by molar-refractivity contribution is 5.92. The lowest BCUT2D eigenvalue weighted by molar-refractivity contribution is -0.131. The molecule has 3 aliphatic heterocycles. The first-order valence-corrected chi connectivity index (χ1v) is 9.73. The van der Waals surface area contributed by atoms with Crippen molar-refractivity contribution in [3.63, 3.8) is 0 Å². The zero-order valence-electron chi connectivity index (χ0n) is 15.5. The van der Waals surface area contributed by atoms with E-state index in [0.29, 0.717) is 0 Å². The van der Waals surface area contributed by atoms with Gasteiger partial charge in [-0.05, 0) is 48.7 Å². The molecule has 2 unspecified atom stereocenters. The number of fused-ring (bicyclic) bond motifs is 3. The second-order valence-electron chi connectivity index (χ2n) is 7.48. The highest BCUT2D eigenvalue weighted by atomic mass is 16.7. The molecule has 3 aliphatic rings. The van der Waals surface area contributed by atoms with Gasteiger partial charge < -0.3 is 19.1 Å². The number of benzene rings is 1. The Morgan fingerprint density at radius 3 is 2.75 bits per heavy atom. The largest absolute Gasteiger partial charge is 0.489 e. The van der Waals surface area contributed by atoms with Crippen molar-refractivity contribution in [1.29, 1.82) is 0 Å². The molecule has 0 radical (unpaired) electrons. The third kappa shape index (κ3) is 3.30. The Kier molecular flexibility index (Phi) is 4.39. The molecule has 0 saturated carbocycles. The van der Waals surface area contributed by atoms with Crippen LogP contribution in [0.2, 0.25) is 0 Å². The molecular formula is C22H22N2O4. The first-order valence-electron chi connectivity index (χ1n) is 9.73. The first-order chi connectivity index (χ1) is 13.8. The summed E-state index contributed by atoms with van der Waals surface area (Å²) in [6, 6.07) is 10.00. The van der Waals surface area contributed by atoms with Crippen LogP contribution in [-0.2, 0) is 4.79 Å². The first kappa shape index (κ1) is 17.1. The SMILES string of the molecule is O=C(/C=C/c1ccc2c(c1)OCO2)N1C2CCC1CC(Oc1cccnc1)C2. The Balaban J connectivity index is 1.24. The topological polar surface area (TPSA) is 60.9 Å². The average molecular weight is 378 g/mol. The van der Waals surface area contributed by atoms with E-state index in [9.17, 15) is 4.79 Å². The van der Waals surface area contributed by atoms with Gasteiger partial charge in [0.2, 0.25) is 12.7 Å². The Hall–Kier alpha value is -3.02. The van der Waals surface area contributed by atoms with Gasteiger partial charge in [-0.1, -0.05) is 6.07 Å². The van der Waals surface area contributed by atoms with Crippen molar-refractivity contribution in [1.82, 2.24) is 9.88 Å². The van der Waals surface area contributed by atoms with Gasteiger partial charge >= 0.3 is 0 Å². The number of hydrogen-bond acceptors (Lipinski definition) is 5. The van der Waals surface area contributed by atoms with Gasteiger partial charge in [-0.2, -0.15) is 0 Å². The van der Waals surface area contributed by atoms with Crippen LogP contribution < -0.4 is 14.2 Å². The Bertz CT molecular complexity index is 885. The third-order valence-electron chi connectivity index (χ3n) is 5.70. The van der Waals surface area contributed by atoms with E-state index in [0.717, 1.165) is 48.5 Å². The van der Waals surface area contributed by atoms with Crippen molar-refractivity contribution in [2.24, 2.45) is 0 Å². The lowest BCUT2D eigenvalue weighted by atomic mass is 9.99. The van der Waals surface area contributed by atoms with Crippen molar-refractivity contribution in [2.45, 2.75) is 43.9 Å². The summed E-state index contributed by atoms with van der Waals surface area (Å²) < 4.78 is 16.8. The summed E-state index contributed by atoms with van der Waals surface area (Å²) in [5.74, 6) is 2.35. The number of pyridine rings is 1. The predicted octanol–water partition coefficient (Wildman–Crippen LogP) is 3.42. The van der Waals surface area contributed by atoms with Crippen molar-refractivity contribution in [3.8, 4) is 17.2 Å². The van der Waals surface area contributed by atoms with Crippen LogP contribution in [0.3, 0.4) is 0 Å². The van der Waals surface area contributed by atoms with Crippen molar-refractivity contribution in [2.75, 3.05) is 6.79 Å². The Morgan fingerprint density at radius 2 is 1.96 bits per heavy atom. The number of rotatable bonds is 4. The molecule has 0 N–H and O–H groups in total. The number of aromatic nitrogens is 1. The molecule has 6 heteroatoms. The minimum Gasteiger partial charge on any atom is -0.489 e. The maximum atomic E-state index is 12.9. The average Bonchev–Trinajstić information content (AvgIpc) is 3.29. The minimum absolute atomic E-state index is 0.0741. The molecule has 2 saturated heterocycles. The lowest BCUT2D eigenvalue weighted by Gasteiger charge is -2.38. The normalized spacial score (nSPS) is 25.3. The number of carbonyl (C=O) groups excluding carboxylic acids is 1. The molecule has 144 valence electrons. The molecule has 1 aromatic carbocycles. The van der Waals surface area contributed by atoms with Gasteiger partial charge in [0, 0.05) is 37.2 Å². The van der Waals surface area contributed by atoms with E-state index in [-0.39, 0.29) is 30.9 Å². The van der Waals surface area contributed by atoms with Crippen LogP contribution in [0.5, 0.6) is 17.2 Å². The summed E-state index contributed by atoms with van der Waals surface area (Å²) >= 11 is 0. The number of carbonyl (C=O) groups is 1. The van der Waals surface area contributed by atoms with E-state index in [1.807, 2.05) is 41.3 Å². The fourth-order valence-electron chi connectivity index (χ4n) is 4.46. The van der Waals surface area contributed by atoms with Gasteiger partial charge in [0.1, 0.15) is 11.9 Å². The fraction of sp³-hybridized carbons (Fsp3) is 0.364. The number of hydrogen-bond donors (Lipinski definition) is 0. The van der Waals surface area contributed by atoms with Gasteiger partial charge in [0.05, 0.1) is 6.20 Å². The molecule has 5 rings (SSSR count). The maximum Gasteiger partial charge on any atom is 0.247 e. The summed E-state index contributed by atoms with van der Waals surface area (Å²) in [5.41, 5.74) is 0.930. The Labute approximate surface area is 163 Å². The number of amides is 1. The summed E-state index contributed by atoms with van der Waals surface area (Å²) in [6.45, 7) is 0.251. The standard InChI is InChI=1S/C22H22N2O4/c25-22(8-4-15-3-7-20-21(10-15)27-14-26-20)24-16-5-6-17(24)12-19(11-16)28-18-2-1-9-23-13-18/h1-4,7-10,13,16-17,19H,5-6,11-12,14H2/b8-4+. The predicted molar refractivity (Wildman–Crippen MR) is 103 cm³/mol. The number of ether oxygens (including phenoxy) is 3. The summed E-state index contributed by atoms with van der Waals surface area (Å²) in [5, 5.41) is 0. The monoisotopic (exact) mass is 378 g/mol. The highest BCUT2D eigenvalue weighted by Crippen LogP contribution is 2.38. The Morgan fingerprint density at radius 1 is 1.14 bits per heavy atom. The molecule has 4 heterocycles. The van der Waals surface area contributed by atoms with E-state index in [1.165, 1.54) is 0 Å². The third-order valence-corrected chi connectivity index (χ3v) is 5.70. The molecule has 2 aromatic rings. The zero-order chi connectivity index (χ0) is 18.9. The van der Waals surface area contributed by atoms with Crippen molar-refractivity contribution >= 4 is 12.0 Å². The summed E-state index contributed by atoms with van der Waals surface area (Å²) in [7, 11) is 0. The number of nitrogens with zero attached hydrogens (tertiary/aromatic N) is 2. The smallest absolute Gasteiger partial charge is 0.247 e. The summed E-state index contributed by atoms with van der Waals surface area (Å²) in [6.07, 6.45) is 11.0. The quantitative estimate of drug-likeness (QED) is 0.763. The van der Waals surface area contributed by atoms with Gasteiger partial charge in [0.25, 0.3) is 0 Å². The molecule has 6 nitrogen and oxygen atoms in total. The van der Waals surface area contributed by atoms with E-state index < -0.39 is 0 Å². The minimum atomic E-state index is 0.0741. The van der Waals surface area contributed by atoms with E-state index in [2.05, 4.69) is 4.98 Å². The van der Waals surface area contributed by atoms with Gasteiger partial charge in [-0.3, -0.25) is 9.78 Å². The van der Waals surface area contributed by atoms with Crippen LogP contribution in [0.25, 0.3) is 6.08 Å². The van der Waals surface area contributed by atoms with E-state index in [4.69, 9.17) is 14.2 Å². The van der Waals surface area contributed by atoms with Crippen molar-refractivity contribution < 1.29 is 19.0 Å². The lowest BCUT2D eigenvalue weighted by Crippen LogP contribution is -2.48. The molecule has 0 spiro atoms. The van der Waals surface area contributed by atoms with E-state index in [1.54, 1.807) is 18.5 Å². The van der Waals surface area contributed by atoms with Gasteiger partial charge in [0.15, 0.2) is 11.5 Å².